The van der Waals surface area contributed by atoms with Crippen LogP contribution in [0.2, 0.25) is 0 Å². The zero-order chi connectivity index (χ0) is 19.4. The lowest BCUT2D eigenvalue weighted by atomic mass is 10.1. The van der Waals surface area contributed by atoms with Crippen LogP contribution in [0.25, 0.3) is 0 Å². The molecule has 0 radical (unpaired) electrons. The van der Waals surface area contributed by atoms with Crippen molar-refractivity contribution >= 4 is 23.4 Å². The number of benzene rings is 2. The topological polar surface area (TPSA) is 87.3 Å². The van der Waals surface area contributed by atoms with Crippen LogP contribution in [0.15, 0.2) is 48.5 Å². The predicted molar refractivity (Wildman–Crippen MR) is 104 cm³/mol. The van der Waals surface area contributed by atoms with Gasteiger partial charge in [0, 0.05) is 22.9 Å². The average Bonchev–Trinajstić information content (AvgIpc) is 3.45. The van der Waals surface area contributed by atoms with Gasteiger partial charge in [-0.05, 0) is 57.0 Å². The Morgan fingerprint density at radius 1 is 0.963 bits per heavy atom. The Morgan fingerprint density at radius 2 is 1.63 bits per heavy atom. The first-order valence-corrected chi connectivity index (χ1v) is 9.01. The second-order valence-corrected chi connectivity index (χ2v) is 6.88. The van der Waals surface area contributed by atoms with E-state index in [4.69, 9.17) is 0 Å². The molecular weight excluding hydrogens is 342 g/mol. The molecule has 1 aliphatic carbocycles. The molecule has 0 unspecified atom stereocenters. The predicted octanol–water partition coefficient (Wildman–Crippen LogP) is 2.64. The molecule has 6 nitrogen and oxygen atoms in total. The lowest BCUT2D eigenvalue weighted by Gasteiger charge is -2.15. The Balaban J connectivity index is 1.59. The standard InChI is InChI=1S/C21H23N3O3/c1-13-5-3-6-15(11-13)20(26)22-14(2)19(25)24-18-8-4-7-16(12-18)21(27)23-17-9-10-17/h3-8,11-12,14,17H,9-10H2,1-2H3,(H,22,26)(H,23,27)(H,24,25)/t14-/m0/s1. The molecule has 3 rings (SSSR count). The van der Waals surface area contributed by atoms with Crippen molar-refractivity contribution in [2.24, 2.45) is 0 Å². The van der Waals surface area contributed by atoms with Crippen molar-refractivity contribution in [3.05, 3.63) is 65.2 Å². The summed E-state index contributed by atoms with van der Waals surface area (Å²) in [6.07, 6.45) is 2.03. The van der Waals surface area contributed by atoms with E-state index >= 15 is 0 Å². The number of anilines is 1. The molecule has 6 heteroatoms. The molecule has 1 aliphatic rings. The van der Waals surface area contributed by atoms with Crippen molar-refractivity contribution in [1.29, 1.82) is 0 Å². The molecule has 2 aromatic carbocycles. The molecular formula is C21H23N3O3. The highest BCUT2D eigenvalue weighted by atomic mass is 16.2. The molecule has 0 bridgehead atoms. The first kappa shape index (κ1) is 18.6. The quantitative estimate of drug-likeness (QED) is 0.735. The van der Waals surface area contributed by atoms with Crippen LogP contribution in [0.1, 0.15) is 46.0 Å². The van der Waals surface area contributed by atoms with Gasteiger partial charge in [-0.3, -0.25) is 14.4 Å². The molecule has 140 valence electrons. The van der Waals surface area contributed by atoms with Crippen molar-refractivity contribution in [1.82, 2.24) is 10.6 Å². The molecule has 0 aromatic heterocycles. The van der Waals surface area contributed by atoms with Crippen LogP contribution in [0.3, 0.4) is 0 Å². The van der Waals surface area contributed by atoms with Gasteiger partial charge in [-0.1, -0.05) is 23.8 Å². The molecule has 1 fully saturated rings. The van der Waals surface area contributed by atoms with Crippen molar-refractivity contribution in [2.75, 3.05) is 5.32 Å². The zero-order valence-corrected chi connectivity index (χ0v) is 15.4. The summed E-state index contributed by atoms with van der Waals surface area (Å²) < 4.78 is 0. The maximum Gasteiger partial charge on any atom is 0.251 e. The minimum Gasteiger partial charge on any atom is -0.349 e. The van der Waals surface area contributed by atoms with Gasteiger partial charge >= 0.3 is 0 Å². The summed E-state index contributed by atoms with van der Waals surface area (Å²) >= 11 is 0. The number of carbonyl (C=O) groups is 3. The molecule has 0 spiro atoms. The second-order valence-electron chi connectivity index (χ2n) is 6.88. The third-order valence-electron chi connectivity index (χ3n) is 4.33. The minimum absolute atomic E-state index is 0.144. The van der Waals surface area contributed by atoms with Crippen molar-refractivity contribution < 1.29 is 14.4 Å². The van der Waals surface area contributed by atoms with E-state index in [9.17, 15) is 14.4 Å². The molecule has 3 amide bonds. The number of amides is 3. The average molecular weight is 365 g/mol. The first-order chi connectivity index (χ1) is 12.9. The SMILES string of the molecule is Cc1cccc(C(=O)N[C@@H](C)C(=O)Nc2cccc(C(=O)NC3CC3)c2)c1. The van der Waals surface area contributed by atoms with Crippen molar-refractivity contribution in [3.8, 4) is 0 Å². The van der Waals surface area contributed by atoms with Crippen LogP contribution < -0.4 is 16.0 Å². The Kier molecular flexibility index (Phi) is 5.54. The lowest BCUT2D eigenvalue weighted by Crippen LogP contribution is -2.41. The van der Waals surface area contributed by atoms with Crippen LogP contribution >= 0.6 is 0 Å². The van der Waals surface area contributed by atoms with E-state index in [-0.39, 0.29) is 23.8 Å². The Bertz CT molecular complexity index is 874. The summed E-state index contributed by atoms with van der Waals surface area (Å²) in [5.41, 5.74) is 2.49. The molecule has 1 atom stereocenters. The molecule has 0 heterocycles. The lowest BCUT2D eigenvalue weighted by molar-refractivity contribution is -0.117. The largest absolute Gasteiger partial charge is 0.349 e. The zero-order valence-electron chi connectivity index (χ0n) is 15.4. The summed E-state index contributed by atoms with van der Waals surface area (Å²) in [5, 5.41) is 8.34. The fraction of sp³-hybridized carbons (Fsp3) is 0.286. The van der Waals surface area contributed by atoms with E-state index in [1.165, 1.54) is 0 Å². The van der Waals surface area contributed by atoms with Gasteiger partial charge in [-0.25, -0.2) is 0 Å². The van der Waals surface area contributed by atoms with Crippen LogP contribution in [0.4, 0.5) is 5.69 Å². The van der Waals surface area contributed by atoms with Gasteiger partial charge in [0.2, 0.25) is 5.91 Å². The van der Waals surface area contributed by atoms with Crippen LogP contribution in [0.5, 0.6) is 0 Å². The fourth-order valence-corrected chi connectivity index (χ4v) is 2.62. The van der Waals surface area contributed by atoms with Gasteiger partial charge in [0.1, 0.15) is 6.04 Å². The van der Waals surface area contributed by atoms with Gasteiger partial charge in [-0.2, -0.15) is 0 Å². The number of rotatable bonds is 6. The van der Waals surface area contributed by atoms with Gasteiger partial charge in [0.25, 0.3) is 11.8 Å². The normalized spacial score (nSPS) is 14.1. The third-order valence-corrected chi connectivity index (χ3v) is 4.33. The van der Waals surface area contributed by atoms with E-state index < -0.39 is 6.04 Å². The highest BCUT2D eigenvalue weighted by Crippen LogP contribution is 2.20. The number of hydrogen-bond donors (Lipinski definition) is 3. The number of hydrogen-bond acceptors (Lipinski definition) is 3. The van der Waals surface area contributed by atoms with Gasteiger partial charge < -0.3 is 16.0 Å². The van der Waals surface area contributed by atoms with Gasteiger partial charge in [0.05, 0.1) is 0 Å². The molecule has 2 aromatic rings. The highest BCUT2D eigenvalue weighted by molar-refractivity contribution is 6.02. The third kappa shape index (κ3) is 5.17. The Morgan fingerprint density at radius 3 is 2.30 bits per heavy atom. The molecule has 27 heavy (non-hydrogen) atoms. The van der Waals surface area contributed by atoms with E-state index in [0.717, 1.165) is 18.4 Å². The van der Waals surface area contributed by atoms with Gasteiger partial charge in [0.15, 0.2) is 0 Å². The molecule has 3 N–H and O–H groups in total. The minimum atomic E-state index is -0.720. The fourth-order valence-electron chi connectivity index (χ4n) is 2.62. The summed E-state index contributed by atoms with van der Waals surface area (Å²) in [6.45, 7) is 3.52. The van der Waals surface area contributed by atoms with Gasteiger partial charge in [-0.15, -0.1) is 0 Å². The summed E-state index contributed by atoms with van der Waals surface area (Å²) in [4.78, 5) is 36.8. The van der Waals surface area contributed by atoms with E-state index in [1.807, 2.05) is 13.0 Å². The number of aryl methyl sites for hydroxylation is 1. The maximum absolute atomic E-state index is 12.4. The van der Waals surface area contributed by atoms with E-state index in [0.29, 0.717) is 16.8 Å². The monoisotopic (exact) mass is 365 g/mol. The maximum atomic E-state index is 12.4. The van der Waals surface area contributed by atoms with Crippen LogP contribution in [-0.4, -0.2) is 29.8 Å². The molecule has 0 aliphatic heterocycles. The summed E-state index contributed by atoms with van der Waals surface area (Å²) in [5.74, 6) is -0.802. The number of nitrogens with one attached hydrogen (secondary N) is 3. The van der Waals surface area contributed by atoms with Crippen LogP contribution in [0, 0.1) is 6.92 Å². The van der Waals surface area contributed by atoms with Crippen LogP contribution in [-0.2, 0) is 4.79 Å². The second kappa shape index (κ2) is 8.03. The number of carbonyl (C=O) groups excluding carboxylic acids is 3. The van der Waals surface area contributed by atoms with Crippen molar-refractivity contribution in [2.45, 2.75) is 38.8 Å². The van der Waals surface area contributed by atoms with Crippen molar-refractivity contribution in [3.63, 3.8) is 0 Å². The first-order valence-electron chi connectivity index (χ1n) is 9.01. The summed E-state index contributed by atoms with van der Waals surface area (Å²) in [7, 11) is 0. The Hall–Kier alpha value is -3.15. The smallest absolute Gasteiger partial charge is 0.251 e. The van der Waals surface area contributed by atoms with E-state index in [1.54, 1.807) is 49.4 Å². The Labute approximate surface area is 158 Å². The molecule has 0 saturated heterocycles. The molecule has 1 saturated carbocycles. The van der Waals surface area contributed by atoms with E-state index in [2.05, 4.69) is 16.0 Å². The summed E-state index contributed by atoms with van der Waals surface area (Å²) in [6, 6.07) is 13.5. The highest BCUT2D eigenvalue weighted by Gasteiger charge is 2.24.